The zero-order valence-electron chi connectivity index (χ0n) is 13.9. The molecular weight excluding hydrogens is 272 g/mol. The van der Waals surface area contributed by atoms with Gasteiger partial charge in [0.2, 0.25) is 0 Å². The second-order valence-corrected chi connectivity index (χ2v) is 8.55. The number of hydrogen-bond donors (Lipinski definition) is 1. The molecule has 3 fully saturated rings. The number of rotatable bonds is 0. The zero-order chi connectivity index (χ0) is 15.5. The van der Waals surface area contributed by atoms with Crippen LogP contribution < -0.4 is 0 Å². The first kappa shape index (κ1) is 14.7. The molecule has 5 atom stereocenters. The number of ketones is 1. The number of aliphatic hydroxyl groups is 1. The minimum Gasteiger partial charge on any atom is -0.393 e. The number of allylic oxidation sites excluding steroid dienone is 3. The first-order valence-corrected chi connectivity index (χ1v) is 9.07. The van der Waals surface area contributed by atoms with Gasteiger partial charge in [-0.3, -0.25) is 4.79 Å². The monoisotopic (exact) mass is 300 g/mol. The fourth-order valence-electron chi connectivity index (χ4n) is 5.96. The summed E-state index contributed by atoms with van der Waals surface area (Å²) >= 11 is 0. The molecule has 0 aliphatic heterocycles. The van der Waals surface area contributed by atoms with E-state index in [9.17, 15) is 9.90 Å². The van der Waals surface area contributed by atoms with Gasteiger partial charge in [0.25, 0.3) is 0 Å². The molecule has 0 aromatic heterocycles. The van der Waals surface area contributed by atoms with Crippen molar-refractivity contribution >= 4 is 5.78 Å². The molecule has 2 heteroatoms. The molecule has 0 amide bonds. The lowest BCUT2D eigenvalue weighted by atomic mass is 9.48. The van der Waals surface area contributed by atoms with E-state index >= 15 is 0 Å². The minimum atomic E-state index is -0.153. The second-order valence-electron chi connectivity index (χ2n) is 8.55. The van der Waals surface area contributed by atoms with Gasteiger partial charge < -0.3 is 5.11 Å². The van der Waals surface area contributed by atoms with Crippen LogP contribution in [0.4, 0.5) is 0 Å². The van der Waals surface area contributed by atoms with Crippen LogP contribution in [0.3, 0.4) is 0 Å². The minimum absolute atomic E-state index is 0.101. The Morgan fingerprint density at radius 2 is 1.77 bits per heavy atom. The van der Waals surface area contributed by atoms with Gasteiger partial charge in [0, 0.05) is 11.8 Å². The zero-order valence-corrected chi connectivity index (χ0v) is 13.9. The summed E-state index contributed by atoms with van der Waals surface area (Å²) in [5, 5.41) is 10.0. The van der Waals surface area contributed by atoms with E-state index in [-0.39, 0.29) is 16.9 Å². The highest BCUT2D eigenvalue weighted by molar-refractivity contribution is 5.86. The molecule has 3 saturated carbocycles. The average molecular weight is 300 g/mol. The van der Waals surface area contributed by atoms with E-state index in [1.54, 1.807) is 5.57 Å². The smallest absolute Gasteiger partial charge is 0.139 e. The Labute approximate surface area is 133 Å². The van der Waals surface area contributed by atoms with Gasteiger partial charge in [-0.05, 0) is 62.2 Å². The molecule has 2 nitrogen and oxygen atoms in total. The van der Waals surface area contributed by atoms with E-state index in [0.29, 0.717) is 17.6 Å². The number of carbonyl (C=O) groups excluding carboxylic acids is 1. The Kier molecular flexibility index (Phi) is 3.21. The summed E-state index contributed by atoms with van der Waals surface area (Å²) < 4.78 is 0. The highest BCUT2D eigenvalue weighted by atomic mass is 16.3. The Morgan fingerprint density at radius 1 is 1.05 bits per heavy atom. The molecule has 22 heavy (non-hydrogen) atoms. The molecule has 0 aromatic rings. The number of fused-ring (bicyclic) bond motifs is 5. The van der Waals surface area contributed by atoms with Crippen LogP contribution in [0, 0.1) is 22.7 Å². The highest BCUT2D eigenvalue weighted by Gasteiger charge is 2.54. The predicted molar refractivity (Wildman–Crippen MR) is 87.3 cm³/mol. The molecule has 4 aliphatic rings. The van der Waals surface area contributed by atoms with E-state index in [2.05, 4.69) is 26.0 Å². The summed E-state index contributed by atoms with van der Waals surface area (Å²) in [5.41, 5.74) is 3.14. The van der Waals surface area contributed by atoms with Crippen LogP contribution in [0.25, 0.3) is 0 Å². The fourth-order valence-corrected chi connectivity index (χ4v) is 5.96. The van der Waals surface area contributed by atoms with Crippen LogP contribution in [0.1, 0.15) is 65.2 Å². The Balaban J connectivity index is 1.75. The van der Waals surface area contributed by atoms with Crippen molar-refractivity contribution in [1.82, 2.24) is 0 Å². The standard InChI is InChI=1S/C20H28O2/c1-19-10-8-14(21)12-13(19)6-7-15-16-4-3-5-18(22)20(16,2)11-9-17(15)19/h6-7,14,16-17,21H,3-5,8-12H2,1-2H3. The molecule has 5 unspecified atom stereocenters. The van der Waals surface area contributed by atoms with Crippen molar-refractivity contribution in [2.24, 2.45) is 22.7 Å². The fraction of sp³-hybridized carbons (Fsp3) is 0.750. The lowest BCUT2D eigenvalue weighted by Crippen LogP contribution is -2.50. The van der Waals surface area contributed by atoms with E-state index in [0.717, 1.165) is 44.9 Å². The van der Waals surface area contributed by atoms with Gasteiger partial charge in [-0.25, -0.2) is 0 Å². The molecule has 4 aliphatic carbocycles. The molecule has 1 N–H and O–H groups in total. The largest absolute Gasteiger partial charge is 0.393 e. The summed E-state index contributed by atoms with van der Waals surface area (Å²) in [7, 11) is 0. The molecule has 0 saturated heterocycles. The van der Waals surface area contributed by atoms with E-state index < -0.39 is 0 Å². The third-order valence-electron chi connectivity index (χ3n) is 7.49. The third kappa shape index (κ3) is 1.86. The Bertz CT molecular complexity index is 572. The van der Waals surface area contributed by atoms with Crippen LogP contribution in [0.5, 0.6) is 0 Å². The molecule has 120 valence electrons. The Morgan fingerprint density at radius 3 is 2.59 bits per heavy atom. The average Bonchev–Trinajstić information content (AvgIpc) is 2.49. The van der Waals surface area contributed by atoms with E-state index in [1.165, 1.54) is 12.0 Å². The highest BCUT2D eigenvalue weighted by Crippen LogP contribution is 2.61. The van der Waals surface area contributed by atoms with Crippen molar-refractivity contribution < 1.29 is 9.90 Å². The first-order chi connectivity index (χ1) is 10.4. The summed E-state index contributed by atoms with van der Waals surface area (Å²) in [6, 6.07) is 0. The summed E-state index contributed by atoms with van der Waals surface area (Å²) in [5.74, 6) is 1.57. The van der Waals surface area contributed by atoms with Crippen LogP contribution in [-0.4, -0.2) is 17.0 Å². The van der Waals surface area contributed by atoms with Crippen molar-refractivity contribution in [3.8, 4) is 0 Å². The molecule has 0 heterocycles. The maximum Gasteiger partial charge on any atom is 0.139 e. The van der Waals surface area contributed by atoms with Crippen molar-refractivity contribution in [3.63, 3.8) is 0 Å². The van der Waals surface area contributed by atoms with Crippen LogP contribution in [0.2, 0.25) is 0 Å². The van der Waals surface area contributed by atoms with Crippen LogP contribution in [0.15, 0.2) is 23.3 Å². The van der Waals surface area contributed by atoms with Gasteiger partial charge in [0.1, 0.15) is 5.78 Å². The van der Waals surface area contributed by atoms with Crippen molar-refractivity contribution in [2.75, 3.05) is 0 Å². The van der Waals surface area contributed by atoms with Gasteiger partial charge in [0.05, 0.1) is 6.10 Å². The molecule has 0 radical (unpaired) electrons. The SMILES string of the molecule is CC12CCC3C(=CC=C4CC(O)CCC43C)C1CCCC2=O. The molecule has 4 rings (SSSR count). The van der Waals surface area contributed by atoms with Gasteiger partial charge in [-0.15, -0.1) is 0 Å². The van der Waals surface area contributed by atoms with Gasteiger partial charge >= 0.3 is 0 Å². The summed E-state index contributed by atoms with van der Waals surface area (Å²) in [6.45, 7) is 4.64. The molecule has 0 bridgehead atoms. The van der Waals surface area contributed by atoms with Gasteiger partial charge in [0.15, 0.2) is 0 Å². The van der Waals surface area contributed by atoms with E-state index in [4.69, 9.17) is 0 Å². The number of carbonyl (C=O) groups is 1. The van der Waals surface area contributed by atoms with Crippen LogP contribution >= 0.6 is 0 Å². The quantitative estimate of drug-likeness (QED) is 0.728. The number of hydrogen-bond acceptors (Lipinski definition) is 2. The normalized spacial score (nSPS) is 47.8. The predicted octanol–water partition coefficient (Wildman–Crippen LogP) is 4.19. The van der Waals surface area contributed by atoms with Crippen molar-refractivity contribution in [1.29, 1.82) is 0 Å². The van der Waals surface area contributed by atoms with E-state index in [1.807, 2.05) is 0 Å². The number of aliphatic hydroxyl groups excluding tert-OH is 1. The molecular formula is C20H28O2. The topological polar surface area (TPSA) is 37.3 Å². The van der Waals surface area contributed by atoms with Gasteiger partial charge in [-0.1, -0.05) is 37.1 Å². The molecule has 0 aromatic carbocycles. The lowest BCUT2D eigenvalue weighted by Gasteiger charge is -2.55. The summed E-state index contributed by atoms with van der Waals surface area (Å²) in [6.07, 6.45) is 12.6. The van der Waals surface area contributed by atoms with Crippen LogP contribution in [-0.2, 0) is 4.79 Å². The molecule has 0 spiro atoms. The second kappa shape index (κ2) is 4.80. The van der Waals surface area contributed by atoms with Crippen molar-refractivity contribution in [2.45, 2.75) is 71.3 Å². The lowest BCUT2D eigenvalue weighted by molar-refractivity contribution is -0.135. The first-order valence-electron chi connectivity index (χ1n) is 9.07. The Hall–Kier alpha value is -0.890. The summed E-state index contributed by atoms with van der Waals surface area (Å²) in [4.78, 5) is 12.6. The van der Waals surface area contributed by atoms with Crippen molar-refractivity contribution in [3.05, 3.63) is 23.3 Å². The number of Topliss-reactive ketones (excluding diaryl/α,β-unsaturated/α-hetero) is 1. The maximum absolute atomic E-state index is 12.6. The third-order valence-corrected chi connectivity index (χ3v) is 7.49. The van der Waals surface area contributed by atoms with Gasteiger partial charge in [-0.2, -0.15) is 0 Å². The maximum atomic E-state index is 12.6.